The molecule has 0 fully saturated rings. The van der Waals surface area contributed by atoms with Crippen LogP contribution in [-0.2, 0) is 6.42 Å². The molecule has 1 N–H and O–H groups in total. The van der Waals surface area contributed by atoms with Gasteiger partial charge in [0.15, 0.2) is 0 Å². The van der Waals surface area contributed by atoms with Crippen LogP contribution < -0.4 is 10.2 Å². The molecule has 1 aliphatic rings. The molecule has 0 saturated carbocycles. The average Bonchev–Trinajstić information content (AvgIpc) is 3.06. The Kier molecular flexibility index (Phi) is 4.89. The Balaban J connectivity index is 1.60. The molecule has 2 amide bonds. The molecular formula is C24H23N3O2. The van der Waals surface area contributed by atoms with Crippen molar-refractivity contribution in [2.24, 2.45) is 0 Å². The van der Waals surface area contributed by atoms with Gasteiger partial charge in [-0.15, -0.1) is 0 Å². The summed E-state index contributed by atoms with van der Waals surface area (Å²) in [5.41, 5.74) is 5.40. The van der Waals surface area contributed by atoms with E-state index >= 15 is 0 Å². The van der Waals surface area contributed by atoms with Crippen LogP contribution in [0.25, 0.3) is 0 Å². The Labute approximate surface area is 170 Å². The van der Waals surface area contributed by atoms with Gasteiger partial charge in [-0.1, -0.05) is 36.4 Å². The maximum atomic E-state index is 13.2. The third-order valence-corrected chi connectivity index (χ3v) is 5.48. The van der Waals surface area contributed by atoms with Crippen molar-refractivity contribution in [3.05, 3.63) is 88.7 Å². The molecule has 0 radical (unpaired) electrons. The maximum absolute atomic E-state index is 13.2. The number of carbonyl (C=O) groups is 2. The molecule has 5 heteroatoms. The smallest absolute Gasteiger partial charge is 0.277 e. The van der Waals surface area contributed by atoms with Crippen LogP contribution in [0.4, 0.5) is 11.4 Å². The summed E-state index contributed by atoms with van der Waals surface area (Å²) in [5, 5.41) is 2.90. The summed E-state index contributed by atoms with van der Waals surface area (Å²) in [5.74, 6) is -0.521. The van der Waals surface area contributed by atoms with Gasteiger partial charge in [-0.2, -0.15) is 0 Å². The number of hydrogen-bond donors (Lipinski definition) is 1. The molecule has 2 aromatic carbocycles. The van der Waals surface area contributed by atoms with Crippen molar-refractivity contribution in [2.75, 3.05) is 10.2 Å². The van der Waals surface area contributed by atoms with E-state index in [1.54, 1.807) is 23.1 Å². The van der Waals surface area contributed by atoms with E-state index in [2.05, 4.69) is 10.3 Å². The van der Waals surface area contributed by atoms with Gasteiger partial charge in [-0.3, -0.25) is 9.59 Å². The lowest BCUT2D eigenvalue weighted by molar-refractivity contribution is 0.0976. The highest BCUT2D eigenvalue weighted by Crippen LogP contribution is 2.32. The van der Waals surface area contributed by atoms with Gasteiger partial charge in [0.1, 0.15) is 11.4 Å². The maximum Gasteiger partial charge on any atom is 0.277 e. The van der Waals surface area contributed by atoms with Crippen LogP contribution in [-0.4, -0.2) is 22.8 Å². The monoisotopic (exact) mass is 385 g/mol. The molecule has 0 spiro atoms. The molecule has 3 aromatic rings. The summed E-state index contributed by atoms with van der Waals surface area (Å²) in [6.07, 6.45) is 0.814. The third kappa shape index (κ3) is 3.51. The summed E-state index contributed by atoms with van der Waals surface area (Å²) in [6.45, 7) is 5.98. The van der Waals surface area contributed by atoms with E-state index in [1.807, 2.05) is 63.2 Å². The molecule has 0 saturated heterocycles. The van der Waals surface area contributed by atoms with E-state index in [0.717, 1.165) is 34.5 Å². The Hall–Kier alpha value is -3.47. The van der Waals surface area contributed by atoms with Crippen molar-refractivity contribution in [2.45, 2.75) is 33.2 Å². The van der Waals surface area contributed by atoms with Crippen LogP contribution in [0.2, 0.25) is 0 Å². The van der Waals surface area contributed by atoms with Gasteiger partial charge >= 0.3 is 0 Å². The zero-order chi connectivity index (χ0) is 20.5. The van der Waals surface area contributed by atoms with Crippen molar-refractivity contribution in [3.8, 4) is 0 Å². The minimum Gasteiger partial charge on any atom is -0.320 e. The number of nitrogens with zero attached hydrogens (tertiary/aromatic N) is 2. The fraction of sp³-hybridized carbons (Fsp3) is 0.208. The highest BCUT2D eigenvalue weighted by atomic mass is 16.2. The Morgan fingerprint density at radius 3 is 2.52 bits per heavy atom. The minimum atomic E-state index is -0.330. The van der Waals surface area contributed by atoms with Crippen LogP contribution >= 0.6 is 0 Å². The molecule has 1 unspecified atom stereocenters. The fourth-order valence-electron chi connectivity index (χ4n) is 3.75. The van der Waals surface area contributed by atoms with Crippen LogP contribution in [0.3, 0.4) is 0 Å². The first kappa shape index (κ1) is 18.9. The molecule has 0 aliphatic carbocycles. The van der Waals surface area contributed by atoms with Gasteiger partial charge in [-0.05, 0) is 68.1 Å². The Bertz CT molecular complexity index is 1110. The quantitative estimate of drug-likeness (QED) is 0.720. The van der Waals surface area contributed by atoms with E-state index in [1.165, 1.54) is 0 Å². The van der Waals surface area contributed by atoms with Crippen LogP contribution in [0, 0.1) is 13.8 Å². The van der Waals surface area contributed by atoms with Crippen LogP contribution in [0.5, 0.6) is 0 Å². The number of rotatable bonds is 3. The zero-order valence-electron chi connectivity index (χ0n) is 16.8. The SMILES string of the molecule is Cc1cccc(NC(=O)c2cccc(C(=O)N3c4ccccc4CC3C)n2)c1C. The number of benzene rings is 2. The van der Waals surface area contributed by atoms with Crippen molar-refractivity contribution in [1.82, 2.24) is 4.98 Å². The number of pyridine rings is 1. The van der Waals surface area contributed by atoms with E-state index in [4.69, 9.17) is 0 Å². The molecule has 2 heterocycles. The number of aryl methyl sites for hydroxylation is 1. The van der Waals surface area contributed by atoms with Crippen LogP contribution in [0.1, 0.15) is 44.6 Å². The largest absolute Gasteiger partial charge is 0.320 e. The summed E-state index contributed by atoms with van der Waals surface area (Å²) in [6, 6.07) is 18.7. The van der Waals surface area contributed by atoms with Crippen molar-refractivity contribution in [1.29, 1.82) is 0 Å². The number of aromatic nitrogens is 1. The first-order valence-corrected chi connectivity index (χ1v) is 9.72. The van der Waals surface area contributed by atoms with Crippen molar-refractivity contribution >= 4 is 23.2 Å². The molecule has 5 nitrogen and oxygen atoms in total. The minimum absolute atomic E-state index is 0.0501. The summed E-state index contributed by atoms with van der Waals surface area (Å²) in [4.78, 5) is 32.1. The van der Waals surface area contributed by atoms with Gasteiger partial charge < -0.3 is 10.2 Å². The zero-order valence-corrected chi connectivity index (χ0v) is 16.8. The lowest BCUT2D eigenvalue weighted by atomic mass is 10.1. The molecule has 146 valence electrons. The first-order chi connectivity index (χ1) is 14.0. The molecule has 4 rings (SSSR count). The predicted molar refractivity (Wildman–Crippen MR) is 115 cm³/mol. The molecule has 0 bridgehead atoms. The third-order valence-electron chi connectivity index (χ3n) is 5.48. The summed E-state index contributed by atoms with van der Waals surface area (Å²) in [7, 11) is 0. The number of anilines is 2. The second kappa shape index (κ2) is 7.51. The second-order valence-corrected chi connectivity index (χ2v) is 7.47. The second-order valence-electron chi connectivity index (χ2n) is 7.47. The standard InChI is InChI=1S/C24H23N3O2/c1-15-8-6-10-19(17(15)3)26-23(28)20-11-7-12-21(25-20)24(29)27-16(2)14-18-9-4-5-13-22(18)27/h4-13,16H,14H2,1-3H3,(H,26,28). The number of nitrogens with one attached hydrogen (secondary N) is 1. The average molecular weight is 385 g/mol. The van der Waals surface area contributed by atoms with Gasteiger partial charge in [0, 0.05) is 17.4 Å². The predicted octanol–water partition coefficient (Wildman–Crippen LogP) is 4.54. The van der Waals surface area contributed by atoms with Crippen molar-refractivity contribution in [3.63, 3.8) is 0 Å². The fourth-order valence-corrected chi connectivity index (χ4v) is 3.75. The van der Waals surface area contributed by atoms with Gasteiger partial charge in [0.2, 0.25) is 0 Å². The number of fused-ring (bicyclic) bond motifs is 1. The number of para-hydroxylation sites is 1. The number of hydrogen-bond acceptors (Lipinski definition) is 3. The topological polar surface area (TPSA) is 62.3 Å². The van der Waals surface area contributed by atoms with Gasteiger partial charge in [0.25, 0.3) is 11.8 Å². The molecule has 1 aromatic heterocycles. The van der Waals surface area contributed by atoms with E-state index in [9.17, 15) is 9.59 Å². The molecule has 1 aliphatic heterocycles. The van der Waals surface area contributed by atoms with E-state index in [-0.39, 0.29) is 29.2 Å². The lowest BCUT2D eigenvalue weighted by Gasteiger charge is -2.22. The molecule has 1 atom stereocenters. The molecular weight excluding hydrogens is 362 g/mol. The van der Waals surface area contributed by atoms with E-state index < -0.39 is 0 Å². The number of carbonyl (C=O) groups excluding carboxylic acids is 2. The van der Waals surface area contributed by atoms with E-state index in [0.29, 0.717) is 0 Å². The summed E-state index contributed by atoms with van der Waals surface area (Å²) < 4.78 is 0. The number of amides is 2. The van der Waals surface area contributed by atoms with Gasteiger partial charge in [0.05, 0.1) is 0 Å². The highest BCUT2D eigenvalue weighted by Gasteiger charge is 2.32. The molecule has 29 heavy (non-hydrogen) atoms. The first-order valence-electron chi connectivity index (χ1n) is 9.72. The normalized spacial score (nSPS) is 15.1. The Morgan fingerprint density at radius 2 is 1.69 bits per heavy atom. The van der Waals surface area contributed by atoms with Crippen LogP contribution in [0.15, 0.2) is 60.7 Å². The lowest BCUT2D eigenvalue weighted by Crippen LogP contribution is -2.36. The Morgan fingerprint density at radius 1 is 0.966 bits per heavy atom. The highest BCUT2D eigenvalue weighted by molar-refractivity contribution is 6.08. The van der Waals surface area contributed by atoms with Crippen molar-refractivity contribution < 1.29 is 9.59 Å². The van der Waals surface area contributed by atoms with Gasteiger partial charge in [-0.25, -0.2) is 4.98 Å². The summed E-state index contributed by atoms with van der Waals surface area (Å²) >= 11 is 0.